The summed E-state index contributed by atoms with van der Waals surface area (Å²) in [5.41, 5.74) is 1.11. The quantitative estimate of drug-likeness (QED) is 0.674. The molecule has 0 aliphatic rings. The fourth-order valence-corrected chi connectivity index (χ4v) is 2.12. The molecule has 6 nitrogen and oxygen atoms in total. The van der Waals surface area contributed by atoms with E-state index in [-0.39, 0.29) is 6.61 Å². The molecule has 0 spiro atoms. The van der Waals surface area contributed by atoms with Crippen LogP contribution in [0, 0.1) is 0 Å². The van der Waals surface area contributed by atoms with Crippen molar-refractivity contribution in [3.8, 4) is 0 Å². The van der Waals surface area contributed by atoms with Crippen LogP contribution in [0.5, 0.6) is 0 Å². The van der Waals surface area contributed by atoms with Crippen LogP contribution in [0.3, 0.4) is 0 Å². The normalized spacial score (nSPS) is 10.6. The first-order chi connectivity index (χ1) is 9.78. The first kappa shape index (κ1) is 16.7. The predicted molar refractivity (Wildman–Crippen MR) is 81.4 cm³/mol. The van der Waals surface area contributed by atoms with Gasteiger partial charge in [0.15, 0.2) is 0 Å². The summed E-state index contributed by atoms with van der Waals surface area (Å²) in [5, 5.41) is 12.5. The molecule has 0 aliphatic heterocycles. The molecule has 1 rings (SSSR count). The summed E-state index contributed by atoms with van der Waals surface area (Å²) in [4.78, 5) is 10.8. The van der Waals surface area contributed by atoms with E-state index in [1.54, 1.807) is 13.4 Å². The highest BCUT2D eigenvalue weighted by atomic mass is 16.5. The molecule has 1 aromatic rings. The molecule has 0 unspecified atom stereocenters. The second-order valence-corrected chi connectivity index (χ2v) is 4.51. The molecular formula is C14H26N4O2. The number of anilines is 2. The Kier molecular flexibility index (Phi) is 7.91. The van der Waals surface area contributed by atoms with Crippen LogP contribution in [-0.2, 0) is 11.2 Å². The van der Waals surface area contributed by atoms with Crippen LogP contribution in [0.25, 0.3) is 0 Å². The lowest BCUT2D eigenvalue weighted by molar-refractivity contribution is 0.202. The summed E-state index contributed by atoms with van der Waals surface area (Å²) in [5.74, 6) is 1.78. The lowest BCUT2D eigenvalue weighted by Crippen LogP contribution is -2.32. The number of aromatic nitrogens is 2. The fraction of sp³-hybridized carbons (Fsp3) is 0.714. The Morgan fingerprint density at radius 1 is 1.30 bits per heavy atom. The highest BCUT2D eigenvalue weighted by Gasteiger charge is 2.16. The van der Waals surface area contributed by atoms with Crippen molar-refractivity contribution >= 4 is 11.6 Å². The van der Waals surface area contributed by atoms with Gasteiger partial charge in [0.25, 0.3) is 0 Å². The maximum atomic E-state index is 9.25. The molecule has 2 N–H and O–H groups in total. The molecule has 20 heavy (non-hydrogen) atoms. The molecule has 0 bridgehead atoms. The number of methoxy groups -OCH3 is 1. The molecule has 0 aromatic carbocycles. The van der Waals surface area contributed by atoms with Gasteiger partial charge in [-0.3, -0.25) is 0 Å². The standard InChI is InChI=1S/C14H26N4O2/c1-4-6-12-13(15-5-2)16-11-17-14(12)18(7-9-19)8-10-20-3/h11,19H,4-10H2,1-3H3,(H,15,16,17). The molecule has 1 aromatic heterocycles. The van der Waals surface area contributed by atoms with Gasteiger partial charge >= 0.3 is 0 Å². The van der Waals surface area contributed by atoms with E-state index in [0.29, 0.717) is 19.7 Å². The van der Waals surface area contributed by atoms with Gasteiger partial charge in [0.2, 0.25) is 0 Å². The number of nitrogens with one attached hydrogen (secondary N) is 1. The van der Waals surface area contributed by atoms with Gasteiger partial charge in [0.1, 0.15) is 18.0 Å². The molecule has 114 valence electrons. The first-order valence-electron chi connectivity index (χ1n) is 7.20. The third-order valence-electron chi connectivity index (χ3n) is 3.00. The maximum absolute atomic E-state index is 9.25. The van der Waals surface area contributed by atoms with Crippen LogP contribution < -0.4 is 10.2 Å². The minimum Gasteiger partial charge on any atom is -0.395 e. The molecule has 0 atom stereocenters. The van der Waals surface area contributed by atoms with Crippen LogP contribution in [0.1, 0.15) is 25.8 Å². The summed E-state index contributed by atoms with van der Waals surface area (Å²) >= 11 is 0. The van der Waals surface area contributed by atoms with Gasteiger partial charge in [-0.25, -0.2) is 9.97 Å². The minimum absolute atomic E-state index is 0.0931. The SMILES string of the molecule is CCCc1c(NCC)ncnc1N(CCO)CCOC. The monoisotopic (exact) mass is 282 g/mol. The number of hydrogen-bond acceptors (Lipinski definition) is 6. The largest absolute Gasteiger partial charge is 0.395 e. The van der Waals surface area contributed by atoms with E-state index in [0.717, 1.165) is 36.6 Å². The number of aliphatic hydroxyl groups is 1. The van der Waals surface area contributed by atoms with Gasteiger partial charge in [-0.2, -0.15) is 0 Å². The number of rotatable bonds is 10. The molecule has 0 fully saturated rings. The first-order valence-corrected chi connectivity index (χ1v) is 7.20. The van der Waals surface area contributed by atoms with Gasteiger partial charge in [-0.15, -0.1) is 0 Å². The van der Waals surface area contributed by atoms with Crippen molar-refractivity contribution in [2.45, 2.75) is 26.7 Å². The second-order valence-electron chi connectivity index (χ2n) is 4.51. The van der Waals surface area contributed by atoms with Crippen molar-refractivity contribution in [3.63, 3.8) is 0 Å². The molecule has 0 aliphatic carbocycles. The van der Waals surface area contributed by atoms with E-state index in [1.807, 2.05) is 6.92 Å². The summed E-state index contributed by atoms with van der Waals surface area (Å²) < 4.78 is 5.14. The molecule has 0 saturated carbocycles. The highest BCUT2D eigenvalue weighted by Crippen LogP contribution is 2.24. The molecule has 0 amide bonds. The van der Waals surface area contributed by atoms with Gasteiger partial charge < -0.3 is 20.1 Å². The summed E-state index contributed by atoms with van der Waals surface area (Å²) in [7, 11) is 1.67. The smallest absolute Gasteiger partial charge is 0.137 e. The van der Waals surface area contributed by atoms with Crippen LogP contribution >= 0.6 is 0 Å². The Balaban J connectivity index is 3.06. The van der Waals surface area contributed by atoms with Crippen LogP contribution in [0.4, 0.5) is 11.6 Å². The molecule has 0 radical (unpaired) electrons. The number of hydrogen-bond donors (Lipinski definition) is 2. The topological polar surface area (TPSA) is 70.5 Å². The van der Waals surface area contributed by atoms with Crippen LogP contribution in [0.15, 0.2) is 6.33 Å². The van der Waals surface area contributed by atoms with Crippen molar-refractivity contribution < 1.29 is 9.84 Å². The van der Waals surface area contributed by atoms with E-state index in [4.69, 9.17) is 4.74 Å². The third-order valence-corrected chi connectivity index (χ3v) is 3.00. The van der Waals surface area contributed by atoms with Crippen LogP contribution in [-0.4, -0.2) is 55.0 Å². The fourth-order valence-electron chi connectivity index (χ4n) is 2.12. The van der Waals surface area contributed by atoms with E-state index in [2.05, 4.69) is 27.1 Å². The van der Waals surface area contributed by atoms with Crippen molar-refractivity contribution in [1.29, 1.82) is 0 Å². The number of ether oxygens (including phenoxy) is 1. The molecule has 0 saturated heterocycles. The third kappa shape index (κ3) is 4.61. The van der Waals surface area contributed by atoms with E-state index < -0.39 is 0 Å². The lowest BCUT2D eigenvalue weighted by Gasteiger charge is -2.25. The number of aliphatic hydroxyl groups excluding tert-OH is 1. The number of nitrogens with zero attached hydrogens (tertiary/aromatic N) is 3. The zero-order valence-electron chi connectivity index (χ0n) is 12.7. The highest BCUT2D eigenvalue weighted by molar-refractivity contribution is 5.58. The Labute approximate surface area is 121 Å². The Bertz CT molecular complexity index is 387. The maximum Gasteiger partial charge on any atom is 0.137 e. The van der Waals surface area contributed by atoms with Gasteiger partial charge in [0.05, 0.1) is 13.2 Å². The zero-order chi connectivity index (χ0) is 14.8. The Hall–Kier alpha value is -1.40. The van der Waals surface area contributed by atoms with Crippen LogP contribution in [0.2, 0.25) is 0 Å². The molecule has 1 heterocycles. The Morgan fingerprint density at radius 3 is 2.70 bits per heavy atom. The lowest BCUT2D eigenvalue weighted by atomic mass is 10.1. The van der Waals surface area contributed by atoms with Gasteiger partial charge in [-0.1, -0.05) is 13.3 Å². The summed E-state index contributed by atoms with van der Waals surface area (Å²) in [6, 6.07) is 0. The van der Waals surface area contributed by atoms with Gasteiger partial charge in [-0.05, 0) is 13.3 Å². The van der Waals surface area contributed by atoms with Crippen molar-refractivity contribution in [2.75, 3.05) is 50.2 Å². The predicted octanol–water partition coefficient (Wildman–Crippen LogP) is 1.31. The summed E-state index contributed by atoms with van der Waals surface area (Å²) in [6.07, 6.45) is 3.51. The van der Waals surface area contributed by atoms with Gasteiger partial charge in [0, 0.05) is 32.3 Å². The van der Waals surface area contributed by atoms with Crippen molar-refractivity contribution in [2.24, 2.45) is 0 Å². The summed E-state index contributed by atoms with van der Waals surface area (Å²) in [6.45, 7) is 6.96. The zero-order valence-corrected chi connectivity index (χ0v) is 12.7. The van der Waals surface area contributed by atoms with E-state index >= 15 is 0 Å². The second kappa shape index (κ2) is 9.50. The minimum atomic E-state index is 0.0931. The van der Waals surface area contributed by atoms with E-state index in [9.17, 15) is 5.11 Å². The Morgan fingerprint density at radius 2 is 2.10 bits per heavy atom. The molecule has 6 heteroatoms. The average Bonchev–Trinajstić information content (AvgIpc) is 2.46. The van der Waals surface area contributed by atoms with E-state index in [1.165, 1.54) is 0 Å². The van der Waals surface area contributed by atoms with Crippen molar-refractivity contribution in [3.05, 3.63) is 11.9 Å². The average molecular weight is 282 g/mol. The molecular weight excluding hydrogens is 256 g/mol. The van der Waals surface area contributed by atoms with Crippen molar-refractivity contribution in [1.82, 2.24) is 9.97 Å².